The van der Waals surface area contributed by atoms with Gasteiger partial charge in [0.15, 0.2) is 0 Å². The van der Waals surface area contributed by atoms with Crippen LogP contribution in [0.4, 0.5) is 5.82 Å². The van der Waals surface area contributed by atoms with E-state index < -0.39 is 0 Å². The molecule has 0 aliphatic rings. The Morgan fingerprint density at radius 2 is 2.45 bits per heavy atom. The molecule has 0 fully saturated rings. The van der Waals surface area contributed by atoms with E-state index in [4.69, 9.17) is 0 Å². The number of carbonyl (C=O) groups is 1. The molecule has 0 saturated heterocycles. The van der Waals surface area contributed by atoms with E-state index in [0.717, 1.165) is 11.5 Å². The monoisotopic (exact) mass is 155 g/mol. The summed E-state index contributed by atoms with van der Waals surface area (Å²) in [6.07, 6.45) is 0. The highest BCUT2D eigenvalue weighted by molar-refractivity contribution is 5.87. The van der Waals surface area contributed by atoms with E-state index in [9.17, 15) is 4.79 Å². The summed E-state index contributed by atoms with van der Waals surface area (Å²) in [7, 11) is 1.79. The van der Waals surface area contributed by atoms with Crippen LogP contribution in [-0.2, 0) is 11.8 Å². The van der Waals surface area contributed by atoms with Crippen molar-refractivity contribution in [2.24, 2.45) is 7.05 Å². The average molecular weight is 155 g/mol. The molecule has 0 atom stereocenters. The Morgan fingerprint density at radius 3 is 2.82 bits per heavy atom. The molecule has 0 saturated carbocycles. The van der Waals surface area contributed by atoms with Crippen LogP contribution in [0.1, 0.15) is 14.0 Å². The van der Waals surface area contributed by atoms with E-state index in [1.54, 1.807) is 11.7 Å². The summed E-state index contributed by atoms with van der Waals surface area (Å²) in [5, 5.41) is 6.72. The Balaban J connectivity index is 0.00000121. The second-order valence-corrected chi connectivity index (χ2v) is 2.48. The highest BCUT2D eigenvalue weighted by Crippen LogP contribution is 2.06. The zero-order valence-corrected chi connectivity index (χ0v) is 6.88. The first-order chi connectivity index (χ1) is 5.09. The normalized spacial score (nSPS) is 9.73. The molecule has 0 aliphatic heterocycles. The van der Waals surface area contributed by atoms with Crippen molar-refractivity contribution in [1.29, 1.82) is 0 Å². The van der Waals surface area contributed by atoms with Gasteiger partial charge in [-0.3, -0.25) is 9.48 Å². The average Bonchev–Trinajstić information content (AvgIpc) is 2.09. The molecule has 0 aromatic carbocycles. The van der Waals surface area contributed by atoms with Gasteiger partial charge in [0.1, 0.15) is 5.82 Å². The molecule has 1 aromatic heterocycles. The minimum Gasteiger partial charge on any atom is -0.311 e. The Kier molecular flexibility index (Phi) is 1.94. The fourth-order valence-corrected chi connectivity index (χ4v) is 0.908. The fourth-order valence-electron chi connectivity index (χ4n) is 0.908. The number of amides is 1. The van der Waals surface area contributed by atoms with Crippen molar-refractivity contribution in [3.05, 3.63) is 11.8 Å². The quantitative estimate of drug-likeness (QED) is 0.655. The molecule has 0 aliphatic carbocycles. The van der Waals surface area contributed by atoms with Gasteiger partial charge in [0, 0.05) is 21.5 Å². The molecular formula is C7H13N3O. The summed E-state index contributed by atoms with van der Waals surface area (Å²) in [5.41, 5.74) is 0.899. The van der Waals surface area contributed by atoms with Gasteiger partial charge in [-0.15, -0.1) is 0 Å². The SMILES string of the molecule is CC(=O)Nc1cc(C)nn1C.[HH]. The van der Waals surface area contributed by atoms with E-state index in [1.807, 2.05) is 13.0 Å². The fraction of sp³-hybridized carbons (Fsp3) is 0.429. The topological polar surface area (TPSA) is 46.9 Å². The van der Waals surface area contributed by atoms with Crippen LogP contribution in [0.15, 0.2) is 6.07 Å². The Bertz CT molecular complexity index is 282. The second-order valence-electron chi connectivity index (χ2n) is 2.48. The van der Waals surface area contributed by atoms with Crippen molar-refractivity contribution in [2.45, 2.75) is 13.8 Å². The van der Waals surface area contributed by atoms with Gasteiger partial charge in [-0.2, -0.15) is 5.10 Å². The maximum absolute atomic E-state index is 10.6. The largest absolute Gasteiger partial charge is 0.311 e. The molecule has 0 bridgehead atoms. The Labute approximate surface area is 66.7 Å². The van der Waals surface area contributed by atoms with Gasteiger partial charge in [0.05, 0.1) is 5.69 Å². The number of rotatable bonds is 1. The standard InChI is InChI=1S/C7H11N3O.H2/c1-5-4-7(8-6(2)11)10(3)9-5;/h4H,1-3H3,(H,8,11);1H. The summed E-state index contributed by atoms with van der Waals surface area (Å²) < 4.78 is 1.64. The van der Waals surface area contributed by atoms with Crippen LogP contribution >= 0.6 is 0 Å². The smallest absolute Gasteiger partial charge is 0.222 e. The van der Waals surface area contributed by atoms with Gasteiger partial charge in [0.2, 0.25) is 5.91 Å². The molecule has 0 unspecified atom stereocenters. The third-order valence-electron chi connectivity index (χ3n) is 1.31. The predicted octanol–water partition coefficient (Wildman–Crippen LogP) is 0.933. The molecule has 1 N–H and O–H groups in total. The van der Waals surface area contributed by atoms with E-state index in [0.29, 0.717) is 0 Å². The summed E-state index contributed by atoms with van der Waals surface area (Å²) >= 11 is 0. The van der Waals surface area contributed by atoms with Gasteiger partial charge in [-0.25, -0.2) is 0 Å². The number of nitrogens with zero attached hydrogens (tertiary/aromatic N) is 2. The number of nitrogens with one attached hydrogen (secondary N) is 1. The molecule has 62 valence electrons. The van der Waals surface area contributed by atoms with Crippen molar-refractivity contribution in [3.63, 3.8) is 0 Å². The molecule has 11 heavy (non-hydrogen) atoms. The maximum Gasteiger partial charge on any atom is 0.222 e. The summed E-state index contributed by atoms with van der Waals surface area (Å²) in [6, 6.07) is 1.82. The lowest BCUT2D eigenvalue weighted by Crippen LogP contribution is -2.09. The van der Waals surface area contributed by atoms with Crippen molar-refractivity contribution in [3.8, 4) is 0 Å². The number of aromatic nitrogens is 2. The van der Waals surface area contributed by atoms with E-state index in [2.05, 4.69) is 10.4 Å². The first-order valence-corrected chi connectivity index (χ1v) is 3.38. The van der Waals surface area contributed by atoms with Crippen LogP contribution < -0.4 is 5.32 Å². The van der Waals surface area contributed by atoms with Crippen LogP contribution in [0.25, 0.3) is 0 Å². The molecule has 1 aromatic rings. The molecule has 1 rings (SSSR count). The van der Waals surface area contributed by atoms with Gasteiger partial charge in [-0.05, 0) is 6.92 Å². The minimum atomic E-state index is -0.0759. The van der Waals surface area contributed by atoms with Crippen molar-refractivity contribution in [2.75, 3.05) is 5.32 Å². The highest BCUT2D eigenvalue weighted by Gasteiger charge is 2.01. The molecule has 1 amide bonds. The van der Waals surface area contributed by atoms with Crippen LogP contribution in [0, 0.1) is 6.92 Å². The zero-order chi connectivity index (χ0) is 8.43. The number of anilines is 1. The number of hydrogen-bond donors (Lipinski definition) is 1. The van der Waals surface area contributed by atoms with Crippen LogP contribution in [-0.4, -0.2) is 15.7 Å². The molecule has 0 spiro atoms. The maximum atomic E-state index is 10.6. The van der Waals surface area contributed by atoms with Gasteiger partial charge in [0.25, 0.3) is 0 Å². The molecule has 1 heterocycles. The Morgan fingerprint density at radius 1 is 1.82 bits per heavy atom. The number of hydrogen-bond acceptors (Lipinski definition) is 2. The minimum absolute atomic E-state index is 0. The molecule has 4 nitrogen and oxygen atoms in total. The summed E-state index contributed by atoms with van der Waals surface area (Å²) in [4.78, 5) is 10.6. The van der Waals surface area contributed by atoms with Crippen LogP contribution in [0.3, 0.4) is 0 Å². The lowest BCUT2D eigenvalue weighted by molar-refractivity contribution is -0.114. The van der Waals surface area contributed by atoms with Gasteiger partial charge < -0.3 is 5.32 Å². The first kappa shape index (κ1) is 7.78. The van der Waals surface area contributed by atoms with Crippen LogP contribution in [0.2, 0.25) is 0 Å². The summed E-state index contributed by atoms with van der Waals surface area (Å²) in [6.45, 7) is 3.35. The van der Waals surface area contributed by atoms with Crippen molar-refractivity contribution >= 4 is 11.7 Å². The predicted molar refractivity (Wildman–Crippen MR) is 44.4 cm³/mol. The van der Waals surface area contributed by atoms with Gasteiger partial charge >= 0.3 is 0 Å². The second kappa shape index (κ2) is 2.74. The van der Waals surface area contributed by atoms with Crippen molar-refractivity contribution in [1.82, 2.24) is 9.78 Å². The highest BCUT2D eigenvalue weighted by atomic mass is 16.1. The van der Waals surface area contributed by atoms with Crippen LogP contribution in [0.5, 0.6) is 0 Å². The Hall–Kier alpha value is -1.32. The lowest BCUT2D eigenvalue weighted by Gasteiger charge is -1.99. The van der Waals surface area contributed by atoms with Crippen molar-refractivity contribution < 1.29 is 6.22 Å². The van der Waals surface area contributed by atoms with E-state index in [1.165, 1.54) is 6.92 Å². The third kappa shape index (κ3) is 1.80. The summed E-state index contributed by atoms with van der Waals surface area (Å²) in [5.74, 6) is 0.656. The first-order valence-electron chi connectivity index (χ1n) is 3.38. The molecule has 4 heteroatoms. The molecule has 0 radical (unpaired) electrons. The van der Waals surface area contributed by atoms with E-state index >= 15 is 0 Å². The number of aryl methyl sites for hydroxylation is 2. The zero-order valence-electron chi connectivity index (χ0n) is 6.88. The molecular weight excluding hydrogens is 142 g/mol. The number of carbonyl (C=O) groups excluding carboxylic acids is 1. The lowest BCUT2D eigenvalue weighted by atomic mass is 10.4. The third-order valence-corrected chi connectivity index (χ3v) is 1.31. The van der Waals surface area contributed by atoms with Gasteiger partial charge in [-0.1, -0.05) is 0 Å². The van der Waals surface area contributed by atoms with E-state index in [-0.39, 0.29) is 7.33 Å².